The molecule has 0 atom stereocenters. The van der Waals surface area contributed by atoms with Crippen molar-refractivity contribution in [2.75, 3.05) is 0 Å². The van der Waals surface area contributed by atoms with Crippen LogP contribution in [-0.4, -0.2) is 19.7 Å². The molecule has 0 aliphatic heterocycles. The molecule has 3 heterocycles. The Morgan fingerprint density at radius 3 is 2.89 bits per heavy atom. The summed E-state index contributed by atoms with van der Waals surface area (Å²) >= 11 is 5.31. The van der Waals surface area contributed by atoms with Gasteiger partial charge in [-0.05, 0) is 38.2 Å². The van der Waals surface area contributed by atoms with Crippen molar-refractivity contribution in [3.05, 3.63) is 40.1 Å². The van der Waals surface area contributed by atoms with Crippen LogP contribution in [0.4, 0.5) is 0 Å². The van der Waals surface area contributed by atoms with Gasteiger partial charge in [-0.2, -0.15) is 0 Å². The standard InChI is InChI=1S/C12H12N4OS/c1-7-3-4-10-11(13-7)16(12(18)14-10)6-9-5-8(2)15-17-9/h3-5H,6H2,1-2H3,(H,14,18). The Labute approximate surface area is 108 Å². The summed E-state index contributed by atoms with van der Waals surface area (Å²) in [6, 6.07) is 5.84. The highest BCUT2D eigenvalue weighted by atomic mass is 32.1. The third-order valence-electron chi connectivity index (χ3n) is 2.75. The van der Waals surface area contributed by atoms with E-state index in [1.54, 1.807) is 0 Å². The summed E-state index contributed by atoms with van der Waals surface area (Å²) in [6.45, 7) is 4.39. The first-order valence-electron chi connectivity index (χ1n) is 5.62. The van der Waals surface area contributed by atoms with E-state index in [0.29, 0.717) is 11.3 Å². The number of imidazole rings is 1. The van der Waals surface area contributed by atoms with Gasteiger partial charge in [-0.25, -0.2) is 4.98 Å². The molecule has 0 aromatic carbocycles. The minimum absolute atomic E-state index is 0.538. The minimum Gasteiger partial charge on any atom is -0.359 e. The molecule has 0 amide bonds. The SMILES string of the molecule is Cc1cc(Cn2c(=S)[nH]c3ccc(C)nc32)on1. The van der Waals surface area contributed by atoms with Gasteiger partial charge in [0.15, 0.2) is 16.2 Å². The number of aryl methyl sites for hydroxylation is 2. The van der Waals surface area contributed by atoms with E-state index in [1.165, 1.54) is 0 Å². The number of nitrogens with one attached hydrogen (secondary N) is 1. The molecule has 6 heteroatoms. The van der Waals surface area contributed by atoms with Gasteiger partial charge in [0, 0.05) is 11.8 Å². The van der Waals surface area contributed by atoms with E-state index in [0.717, 1.165) is 28.3 Å². The first kappa shape index (κ1) is 11.2. The molecule has 0 spiro atoms. The Bertz CT molecular complexity index is 768. The monoisotopic (exact) mass is 260 g/mol. The maximum Gasteiger partial charge on any atom is 0.179 e. The lowest BCUT2D eigenvalue weighted by Gasteiger charge is -2.00. The predicted octanol–water partition coefficient (Wildman–Crippen LogP) is 2.75. The molecule has 18 heavy (non-hydrogen) atoms. The molecule has 1 N–H and O–H groups in total. The molecule has 0 aliphatic rings. The van der Waals surface area contributed by atoms with Gasteiger partial charge in [0.1, 0.15) is 0 Å². The maximum absolute atomic E-state index is 5.31. The topological polar surface area (TPSA) is 59.6 Å². The van der Waals surface area contributed by atoms with E-state index in [9.17, 15) is 0 Å². The van der Waals surface area contributed by atoms with E-state index >= 15 is 0 Å². The lowest BCUT2D eigenvalue weighted by atomic mass is 10.3. The number of aromatic nitrogens is 4. The Hall–Kier alpha value is -1.95. The normalized spacial score (nSPS) is 11.2. The van der Waals surface area contributed by atoms with Crippen LogP contribution >= 0.6 is 12.2 Å². The van der Waals surface area contributed by atoms with Crippen molar-refractivity contribution in [3.8, 4) is 0 Å². The van der Waals surface area contributed by atoms with Crippen LogP contribution < -0.4 is 0 Å². The largest absolute Gasteiger partial charge is 0.359 e. The fourth-order valence-electron chi connectivity index (χ4n) is 1.92. The van der Waals surface area contributed by atoms with Crippen LogP contribution in [0.1, 0.15) is 17.1 Å². The van der Waals surface area contributed by atoms with Crippen molar-refractivity contribution in [1.82, 2.24) is 19.7 Å². The third-order valence-corrected chi connectivity index (χ3v) is 3.07. The number of aromatic amines is 1. The zero-order valence-electron chi connectivity index (χ0n) is 10.1. The van der Waals surface area contributed by atoms with E-state index in [2.05, 4.69) is 15.1 Å². The van der Waals surface area contributed by atoms with Gasteiger partial charge in [-0.1, -0.05) is 5.16 Å². The van der Waals surface area contributed by atoms with Crippen molar-refractivity contribution in [1.29, 1.82) is 0 Å². The van der Waals surface area contributed by atoms with Gasteiger partial charge in [0.2, 0.25) is 0 Å². The number of hydrogen-bond donors (Lipinski definition) is 1. The van der Waals surface area contributed by atoms with Crippen molar-refractivity contribution < 1.29 is 4.52 Å². The van der Waals surface area contributed by atoms with Crippen LogP contribution in [0.25, 0.3) is 11.2 Å². The van der Waals surface area contributed by atoms with Crippen LogP contribution in [0.2, 0.25) is 0 Å². The molecule has 0 saturated carbocycles. The second kappa shape index (κ2) is 4.06. The molecule has 3 aromatic rings. The summed E-state index contributed by atoms with van der Waals surface area (Å²) in [5.41, 5.74) is 3.59. The first-order chi connectivity index (χ1) is 8.63. The fourth-order valence-corrected chi connectivity index (χ4v) is 2.18. The average Bonchev–Trinajstić information content (AvgIpc) is 2.86. The summed E-state index contributed by atoms with van der Waals surface area (Å²) in [4.78, 5) is 7.64. The smallest absolute Gasteiger partial charge is 0.179 e. The fraction of sp³-hybridized carbons (Fsp3) is 0.250. The summed E-state index contributed by atoms with van der Waals surface area (Å²) < 4.78 is 7.76. The predicted molar refractivity (Wildman–Crippen MR) is 70.0 cm³/mol. The van der Waals surface area contributed by atoms with Gasteiger partial charge in [-0.15, -0.1) is 0 Å². The summed E-state index contributed by atoms with van der Waals surface area (Å²) in [5.74, 6) is 0.771. The Kier molecular flexibility index (Phi) is 2.52. The molecule has 0 saturated heterocycles. The number of pyridine rings is 1. The minimum atomic E-state index is 0.538. The van der Waals surface area contributed by atoms with Crippen LogP contribution in [0.5, 0.6) is 0 Å². The van der Waals surface area contributed by atoms with Crippen LogP contribution in [0.3, 0.4) is 0 Å². The molecule has 0 radical (unpaired) electrons. The van der Waals surface area contributed by atoms with Gasteiger partial charge in [-0.3, -0.25) is 4.57 Å². The molecular formula is C12H12N4OS. The Morgan fingerprint density at radius 2 is 2.17 bits per heavy atom. The van der Waals surface area contributed by atoms with Crippen LogP contribution in [0, 0.1) is 18.6 Å². The Morgan fingerprint density at radius 1 is 1.33 bits per heavy atom. The lowest BCUT2D eigenvalue weighted by Crippen LogP contribution is -2.00. The van der Waals surface area contributed by atoms with Crippen molar-refractivity contribution in [2.45, 2.75) is 20.4 Å². The molecule has 3 rings (SSSR count). The molecule has 5 nitrogen and oxygen atoms in total. The average molecular weight is 260 g/mol. The van der Waals surface area contributed by atoms with Crippen LogP contribution in [0.15, 0.2) is 22.7 Å². The number of rotatable bonds is 2. The Balaban J connectivity index is 2.13. The van der Waals surface area contributed by atoms with Crippen molar-refractivity contribution in [3.63, 3.8) is 0 Å². The molecular weight excluding hydrogens is 248 g/mol. The van der Waals surface area contributed by atoms with E-state index in [-0.39, 0.29) is 0 Å². The van der Waals surface area contributed by atoms with Gasteiger partial charge < -0.3 is 9.51 Å². The molecule has 0 unspecified atom stereocenters. The van der Waals surface area contributed by atoms with E-state index < -0.39 is 0 Å². The van der Waals surface area contributed by atoms with Gasteiger partial charge in [0.05, 0.1) is 17.8 Å². The second-order valence-electron chi connectivity index (χ2n) is 4.27. The van der Waals surface area contributed by atoms with Gasteiger partial charge in [0.25, 0.3) is 0 Å². The third kappa shape index (κ3) is 1.84. The molecule has 0 aliphatic carbocycles. The lowest BCUT2D eigenvalue weighted by molar-refractivity contribution is 0.373. The number of hydrogen-bond acceptors (Lipinski definition) is 4. The van der Waals surface area contributed by atoms with E-state index in [4.69, 9.17) is 16.7 Å². The first-order valence-corrected chi connectivity index (χ1v) is 6.02. The molecule has 3 aromatic heterocycles. The summed E-state index contributed by atoms with van der Waals surface area (Å²) in [6.07, 6.45) is 0. The van der Waals surface area contributed by atoms with Crippen LogP contribution in [-0.2, 0) is 6.54 Å². The highest BCUT2D eigenvalue weighted by Crippen LogP contribution is 2.15. The quantitative estimate of drug-likeness (QED) is 0.720. The van der Waals surface area contributed by atoms with Crippen molar-refractivity contribution in [2.24, 2.45) is 0 Å². The van der Waals surface area contributed by atoms with E-state index in [1.807, 2.05) is 36.6 Å². The highest BCUT2D eigenvalue weighted by molar-refractivity contribution is 7.71. The highest BCUT2D eigenvalue weighted by Gasteiger charge is 2.09. The zero-order chi connectivity index (χ0) is 12.7. The summed E-state index contributed by atoms with van der Waals surface area (Å²) in [7, 11) is 0. The number of nitrogens with zero attached hydrogens (tertiary/aromatic N) is 3. The second-order valence-corrected chi connectivity index (χ2v) is 4.66. The maximum atomic E-state index is 5.31. The molecule has 92 valence electrons. The molecule has 0 fully saturated rings. The number of H-pyrrole nitrogens is 1. The summed E-state index contributed by atoms with van der Waals surface area (Å²) in [5, 5.41) is 3.87. The van der Waals surface area contributed by atoms with Crippen molar-refractivity contribution >= 4 is 23.4 Å². The number of fused-ring (bicyclic) bond motifs is 1. The zero-order valence-corrected chi connectivity index (χ0v) is 10.9. The van der Waals surface area contributed by atoms with Gasteiger partial charge >= 0.3 is 0 Å². The molecule has 0 bridgehead atoms.